The van der Waals surface area contributed by atoms with Crippen LogP contribution in [0.2, 0.25) is 0 Å². The minimum absolute atomic E-state index is 0.0153. The van der Waals surface area contributed by atoms with Gasteiger partial charge < -0.3 is 75.3 Å². The van der Waals surface area contributed by atoms with Gasteiger partial charge in [0.05, 0.1) is 25.9 Å². The molecule has 2 heterocycles. The number of primary amides is 4. The predicted molar refractivity (Wildman–Crippen MR) is 263 cm³/mol. The summed E-state index contributed by atoms with van der Waals surface area (Å²) in [6.45, 7) is 0.993. The lowest BCUT2D eigenvalue weighted by Crippen LogP contribution is -2.61. The van der Waals surface area contributed by atoms with Crippen molar-refractivity contribution in [3.8, 4) is 5.75 Å². The van der Waals surface area contributed by atoms with Gasteiger partial charge in [-0.25, -0.2) is 0 Å². The standard InChI is InChI=1S/C48H74N12O14/c1-2-3-4-5-6-7-8-9-10-12-28-22-41(67)54-32(23-38(50)64)44(70)56-31(21-27-14-16-29(62)17-15-27)43(69)57-33(24-39(51)65)45(71)55-30(18-19-37(49)63)42(68)59-35(26-61)46(72)58-34(25-40(52)66)48(74)60-20-11-13-36(60)47(73)53-28/h14-17,28,30-36,61-62H,2-13,18-26H2,1H3,(H2,49,63)(H2,50,64)(H2,51,65)(H2,52,66)(H,53,73)(H,54,67)(H,55,71)(H,56,70)(H,57,69)(H,58,72)(H,59,68)/t28-,30+,31-,32+,33+,34+,35+,36-/m1/s1. The van der Waals surface area contributed by atoms with E-state index in [0.29, 0.717) is 18.4 Å². The van der Waals surface area contributed by atoms with Crippen LogP contribution in [0.1, 0.15) is 128 Å². The number of phenols is 1. The zero-order valence-electron chi connectivity index (χ0n) is 41.8. The Labute approximate surface area is 428 Å². The molecule has 0 radical (unpaired) electrons. The molecule has 74 heavy (non-hydrogen) atoms. The predicted octanol–water partition coefficient (Wildman–Crippen LogP) is -3.47. The minimum Gasteiger partial charge on any atom is -0.508 e. The van der Waals surface area contributed by atoms with Crippen molar-refractivity contribution in [1.29, 1.82) is 0 Å². The number of phenolic OH excluding ortho intramolecular Hbond substituents is 1. The zero-order valence-corrected chi connectivity index (χ0v) is 41.8. The molecule has 0 spiro atoms. The molecule has 26 heteroatoms. The topological polar surface area (TPSA) is 437 Å². The van der Waals surface area contributed by atoms with Crippen LogP contribution in [0.5, 0.6) is 5.75 Å². The van der Waals surface area contributed by atoms with Gasteiger partial charge in [0.2, 0.25) is 70.9 Å². The van der Waals surface area contributed by atoms with Crippen LogP contribution >= 0.6 is 0 Å². The number of nitrogens with one attached hydrogen (secondary N) is 7. The molecule has 8 atom stereocenters. The van der Waals surface area contributed by atoms with Gasteiger partial charge in [0.15, 0.2) is 0 Å². The summed E-state index contributed by atoms with van der Waals surface area (Å²) in [5.74, 6) is -12.7. The van der Waals surface area contributed by atoms with Crippen molar-refractivity contribution in [3.05, 3.63) is 29.8 Å². The molecular weight excluding hydrogens is 969 g/mol. The Balaban J connectivity index is 2.13. The van der Waals surface area contributed by atoms with E-state index < -0.39 is 164 Å². The molecule has 3 rings (SSSR count). The molecule has 0 aromatic heterocycles. The normalized spacial score (nSPS) is 24.1. The number of hydrogen-bond acceptors (Lipinski definition) is 14. The summed E-state index contributed by atoms with van der Waals surface area (Å²) in [7, 11) is 0. The summed E-state index contributed by atoms with van der Waals surface area (Å²) >= 11 is 0. The highest BCUT2D eigenvalue weighted by Gasteiger charge is 2.40. The quantitative estimate of drug-likeness (QED) is 0.0502. The van der Waals surface area contributed by atoms with Gasteiger partial charge in [-0.1, -0.05) is 76.8 Å². The van der Waals surface area contributed by atoms with Crippen molar-refractivity contribution in [1.82, 2.24) is 42.1 Å². The van der Waals surface area contributed by atoms with Crippen LogP contribution < -0.4 is 60.2 Å². The van der Waals surface area contributed by atoms with Crippen LogP contribution in [0.3, 0.4) is 0 Å². The molecule has 2 aliphatic heterocycles. The van der Waals surface area contributed by atoms with Gasteiger partial charge in [-0.3, -0.25) is 57.5 Å². The van der Waals surface area contributed by atoms with Crippen molar-refractivity contribution in [2.24, 2.45) is 22.9 Å². The molecule has 17 N–H and O–H groups in total. The largest absolute Gasteiger partial charge is 0.508 e. The zero-order chi connectivity index (χ0) is 54.9. The highest BCUT2D eigenvalue weighted by molar-refractivity contribution is 6.00. The summed E-state index contributed by atoms with van der Waals surface area (Å²) in [4.78, 5) is 162. The van der Waals surface area contributed by atoms with Crippen molar-refractivity contribution in [2.45, 2.75) is 177 Å². The maximum Gasteiger partial charge on any atom is 0.246 e. The number of aromatic hydroxyl groups is 1. The molecular formula is C48H74N12O14. The number of benzene rings is 1. The van der Waals surface area contributed by atoms with E-state index in [0.717, 1.165) is 56.3 Å². The van der Waals surface area contributed by atoms with E-state index in [9.17, 15) is 67.7 Å². The van der Waals surface area contributed by atoms with Gasteiger partial charge in [0.25, 0.3) is 0 Å². The Morgan fingerprint density at radius 1 is 0.554 bits per heavy atom. The first-order chi connectivity index (χ1) is 35.1. The number of hydrogen-bond donors (Lipinski definition) is 13. The third-order valence-electron chi connectivity index (χ3n) is 12.5. The lowest BCUT2D eigenvalue weighted by Gasteiger charge is -2.30. The molecule has 26 nitrogen and oxygen atoms in total. The fourth-order valence-electron chi connectivity index (χ4n) is 8.61. The number of amides is 12. The summed E-state index contributed by atoms with van der Waals surface area (Å²) in [6.07, 6.45) is 5.00. The van der Waals surface area contributed by atoms with Crippen LogP contribution in [0.15, 0.2) is 24.3 Å². The summed E-state index contributed by atoms with van der Waals surface area (Å²) in [5.41, 5.74) is 22.1. The fourth-order valence-corrected chi connectivity index (χ4v) is 8.61. The van der Waals surface area contributed by atoms with Gasteiger partial charge >= 0.3 is 0 Å². The molecule has 2 fully saturated rings. The van der Waals surface area contributed by atoms with E-state index in [2.05, 4.69) is 44.1 Å². The lowest BCUT2D eigenvalue weighted by molar-refractivity contribution is -0.143. The number of unbranched alkanes of at least 4 members (excludes halogenated alkanes) is 8. The number of nitrogens with zero attached hydrogens (tertiary/aromatic N) is 1. The number of rotatable bonds is 22. The summed E-state index contributed by atoms with van der Waals surface area (Å²) in [5, 5.41) is 37.0. The van der Waals surface area contributed by atoms with Gasteiger partial charge in [0, 0.05) is 31.8 Å². The van der Waals surface area contributed by atoms with E-state index in [4.69, 9.17) is 22.9 Å². The summed E-state index contributed by atoms with van der Waals surface area (Å²) < 4.78 is 0. The molecule has 1 aromatic carbocycles. The Morgan fingerprint density at radius 3 is 1.59 bits per heavy atom. The molecule has 1 aromatic rings. The number of fused-ring (bicyclic) bond motifs is 1. The van der Waals surface area contributed by atoms with Gasteiger partial charge in [-0.2, -0.15) is 0 Å². The van der Waals surface area contributed by atoms with E-state index >= 15 is 0 Å². The maximum atomic E-state index is 14.2. The van der Waals surface area contributed by atoms with Crippen molar-refractivity contribution < 1.29 is 67.7 Å². The molecule has 0 aliphatic carbocycles. The number of carbonyl (C=O) groups is 12. The molecule has 410 valence electrons. The van der Waals surface area contributed by atoms with Crippen LogP contribution in [-0.4, -0.2) is 147 Å². The first-order valence-electron chi connectivity index (χ1n) is 25.1. The molecule has 12 amide bonds. The molecule has 0 unspecified atom stereocenters. The second-order valence-electron chi connectivity index (χ2n) is 18.7. The highest BCUT2D eigenvalue weighted by atomic mass is 16.3. The van der Waals surface area contributed by atoms with Crippen molar-refractivity contribution >= 4 is 70.9 Å². The Hall–Kier alpha value is -7.38. The van der Waals surface area contributed by atoms with E-state index in [-0.39, 0.29) is 31.6 Å². The number of carbonyl (C=O) groups excluding carboxylic acids is 12. The number of aliphatic hydroxyl groups is 1. The maximum absolute atomic E-state index is 14.2. The Kier molecular flexibility index (Phi) is 25.7. The van der Waals surface area contributed by atoms with Crippen molar-refractivity contribution in [2.75, 3.05) is 13.2 Å². The van der Waals surface area contributed by atoms with Crippen molar-refractivity contribution in [3.63, 3.8) is 0 Å². The van der Waals surface area contributed by atoms with E-state index in [1.54, 1.807) is 0 Å². The third-order valence-corrected chi connectivity index (χ3v) is 12.5. The van der Waals surface area contributed by atoms with Crippen LogP contribution in [-0.2, 0) is 64.0 Å². The van der Waals surface area contributed by atoms with Gasteiger partial charge in [-0.05, 0) is 43.4 Å². The average molecular weight is 1040 g/mol. The van der Waals surface area contributed by atoms with Crippen LogP contribution in [0.25, 0.3) is 0 Å². The van der Waals surface area contributed by atoms with E-state index in [1.807, 2.05) is 0 Å². The molecule has 0 bridgehead atoms. The molecule has 0 saturated carbocycles. The second-order valence-corrected chi connectivity index (χ2v) is 18.7. The number of nitrogens with two attached hydrogens (primary N) is 4. The lowest BCUT2D eigenvalue weighted by atomic mass is 10.0. The first kappa shape index (κ1) is 60.9. The van der Waals surface area contributed by atoms with E-state index in [1.165, 1.54) is 24.3 Å². The minimum atomic E-state index is -1.90. The second kappa shape index (κ2) is 31.3. The Morgan fingerprint density at radius 2 is 1.03 bits per heavy atom. The molecule has 2 saturated heterocycles. The smallest absolute Gasteiger partial charge is 0.246 e. The highest BCUT2D eigenvalue weighted by Crippen LogP contribution is 2.21. The third kappa shape index (κ3) is 21.4. The first-order valence-corrected chi connectivity index (χ1v) is 25.1. The number of aliphatic hydroxyl groups excluding tert-OH is 1. The Bertz CT molecular complexity index is 2160. The van der Waals surface area contributed by atoms with Gasteiger partial charge in [-0.15, -0.1) is 0 Å². The van der Waals surface area contributed by atoms with Crippen LogP contribution in [0.4, 0.5) is 0 Å². The SMILES string of the molecule is CCCCCCCCCCC[C@@H]1CC(=O)N[C@@H](CC(N)=O)C(=O)N[C@H](Cc2ccc(O)cc2)C(=O)N[C@@H](CC(N)=O)C(=O)N[C@@H](CCC(N)=O)C(=O)N[C@@H](CO)C(=O)N[C@@H](CC(N)=O)C(=O)N2CCC[C@@H]2C(=O)N1. The average Bonchev–Trinajstić information content (AvgIpc) is 3.83. The molecule has 2 aliphatic rings. The monoisotopic (exact) mass is 1040 g/mol. The van der Waals surface area contributed by atoms with Crippen LogP contribution in [0, 0.1) is 0 Å². The van der Waals surface area contributed by atoms with Gasteiger partial charge in [0.1, 0.15) is 48.0 Å². The fraction of sp³-hybridized carbons (Fsp3) is 0.625. The summed E-state index contributed by atoms with van der Waals surface area (Å²) in [6, 6.07) is -7.38.